The minimum Gasteiger partial charge on any atom is -0.451 e. The summed E-state index contributed by atoms with van der Waals surface area (Å²) in [5, 5.41) is 9.92. The number of aryl methyl sites for hydroxylation is 1. The number of aromatic nitrogens is 1. The molecule has 1 amide bonds. The lowest BCUT2D eigenvalue weighted by Gasteiger charge is -2.34. The van der Waals surface area contributed by atoms with Gasteiger partial charge in [0.25, 0.3) is 5.91 Å². The first-order valence-corrected chi connectivity index (χ1v) is 10.9. The van der Waals surface area contributed by atoms with Gasteiger partial charge in [0.15, 0.2) is 6.61 Å². The van der Waals surface area contributed by atoms with Crippen LogP contribution in [-0.2, 0) is 16.1 Å². The molecule has 31 heavy (non-hydrogen) atoms. The van der Waals surface area contributed by atoms with Crippen LogP contribution >= 0.6 is 0 Å². The van der Waals surface area contributed by atoms with Crippen LogP contribution < -0.4 is 0 Å². The molecule has 2 N–H and O–H groups in total. The van der Waals surface area contributed by atoms with Crippen molar-refractivity contribution in [2.24, 2.45) is 0 Å². The van der Waals surface area contributed by atoms with Crippen LogP contribution in [0.15, 0.2) is 24.3 Å². The zero-order valence-electron chi connectivity index (χ0n) is 18.4. The molecular weight excluding hydrogens is 399 g/mol. The maximum Gasteiger partial charge on any atom is 0.355 e. The van der Waals surface area contributed by atoms with Gasteiger partial charge in [0.1, 0.15) is 11.5 Å². The number of aliphatic hydroxyl groups is 1. The van der Waals surface area contributed by atoms with Crippen LogP contribution in [0.4, 0.5) is 4.39 Å². The summed E-state index contributed by atoms with van der Waals surface area (Å²) >= 11 is 0. The molecule has 0 radical (unpaired) electrons. The predicted molar refractivity (Wildman–Crippen MR) is 115 cm³/mol. The van der Waals surface area contributed by atoms with Gasteiger partial charge < -0.3 is 19.7 Å². The summed E-state index contributed by atoms with van der Waals surface area (Å²) in [6, 6.07) is 6.20. The summed E-state index contributed by atoms with van der Waals surface area (Å²) in [5.41, 5.74) is 3.08. The number of amides is 1. The van der Waals surface area contributed by atoms with Gasteiger partial charge in [-0.2, -0.15) is 0 Å². The third-order valence-electron chi connectivity index (χ3n) is 6.05. The zero-order valence-corrected chi connectivity index (χ0v) is 18.4. The number of benzene rings is 1. The quantitative estimate of drug-likeness (QED) is 0.640. The van der Waals surface area contributed by atoms with Crippen LogP contribution in [0.3, 0.4) is 0 Å². The second-order valence-electron chi connectivity index (χ2n) is 8.36. The molecule has 1 atom stereocenters. The van der Waals surface area contributed by atoms with E-state index in [1.165, 1.54) is 12.1 Å². The highest BCUT2D eigenvalue weighted by atomic mass is 19.1. The van der Waals surface area contributed by atoms with Gasteiger partial charge in [-0.05, 0) is 56.9 Å². The highest BCUT2D eigenvalue weighted by Gasteiger charge is 2.27. The number of rotatable bonds is 7. The molecule has 1 aliphatic carbocycles. The number of ether oxygens (including phenoxy) is 1. The van der Waals surface area contributed by atoms with Crippen LogP contribution in [0.25, 0.3) is 0 Å². The first-order valence-electron chi connectivity index (χ1n) is 10.9. The Balaban J connectivity index is 1.70. The molecule has 0 bridgehead atoms. The van der Waals surface area contributed by atoms with Gasteiger partial charge in [-0.3, -0.25) is 4.79 Å². The molecule has 1 fully saturated rings. The highest BCUT2D eigenvalue weighted by Crippen LogP contribution is 2.26. The number of carbonyl (C=O) groups excluding carboxylic acids is 2. The predicted octanol–water partition coefficient (Wildman–Crippen LogP) is 4.34. The molecule has 168 valence electrons. The molecule has 0 spiro atoms. The molecule has 1 saturated carbocycles. The van der Waals surface area contributed by atoms with E-state index in [1.54, 1.807) is 37.8 Å². The van der Waals surface area contributed by atoms with E-state index in [0.29, 0.717) is 23.4 Å². The number of carbonyl (C=O) groups is 2. The SMILES string of the molecule is Cc1[nH]c(C(=O)OCC(=O)N(Cc2ccc(F)cc2)C2CCCCC2)c(C)c1[C@@H](C)O. The van der Waals surface area contributed by atoms with Crippen molar-refractivity contribution in [2.45, 2.75) is 71.6 Å². The Morgan fingerprint density at radius 2 is 1.84 bits per heavy atom. The van der Waals surface area contributed by atoms with Gasteiger partial charge in [-0.15, -0.1) is 0 Å². The highest BCUT2D eigenvalue weighted by molar-refractivity contribution is 5.91. The fourth-order valence-corrected chi connectivity index (χ4v) is 4.48. The van der Waals surface area contributed by atoms with E-state index in [1.807, 2.05) is 0 Å². The fraction of sp³-hybridized carbons (Fsp3) is 0.500. The Morgan fingerprint density at radius 3 is 2.42 bits per heavy atom. The van der Waals surface area contributed by atoms with Gasteiger partial charge in [0, 0.05) is 23.8 Å². The van der Waals surface area contributed by atoms with Crippen molar-refractivity contribution in [2.75, 3.05) is 6.61 Å². The normalized spacial score (nSPS) is 15.5. The van der Waals surface area contributed by atoms with Crippen LogP contribution in [-0.4, -0.2) is 39.5 Å². The number of halogens is 1. The third kappa shape index (κ3) is 5.53. The summed E-state index contributed by atoms with van der Waals surface area (Å²) in [4.78, 5) is 30.4. The molecule has 0 saturated heterocycles. The fourth-order valence-electron chi connectivity index (χ4n) is 4.48. The van der Waals surface area contributed by atoms with Gasteiger partial charge >= 0.3 is 5.97 Å². The average molecular weight is 431 g/mol. The Hall–Kier alpha value is -2.67. The van der Waals surface area contributed by atoms with Crippen LogP contribution in [0, 0.1) is 19.7 Å². The minimum absolute atomic E-state index is 0.0846. The standard InChI is InChI=1S/C24H31FN2O4/c1-15-22(17(3)28)16(2)26-23(15)24(30)31-14-21(29)27(20-7-5-4-6-8-20)13-18-9-11-19(25)12-10-18/h9-12,17,20,26,28H,4-8,13-14H2,1-3H3/t17-/m1/s1. The van der Waals surface area contributed by atoms with E-state index in [4.69, 9.17) is 4.74 Å². The molecule has 0 aliphatic heterocycles. The number of esters is 1. The Morgan fingerprint density at radius 1 is 1.19 bits per heavy atom. The Labute approximate surface area is 182 Å². The maximum absolute atomic E-state index is 13.3. The molecule has 1 aromatic carbocycles. The summed E-state index contributed by atoms with van der Waals surface area (Å²) in [6.07, 6.45) is 4.38. The van der Waals surface area contributed by atoms with Crippen molar-refractivity contribution in [1.82, 2.24) is 9.88 Å². The summed E-state index contributed by atoms with van der Waals surface area (Å²) in [6.45, 7) is 5.16. The lowest BCUT2D eigenvalue weighted by atomic mass is 9.93. The van der Waals surface area contributed by atoms with Gasteiger partial charge in [-0.1, -0.05) is 31.4 Å². The molecule has 3 rings (SSSR count). The van der Waals surface area contributed by atoms with E-state index in [-0.39, 0.29) is 30.1 Å². The minimum atomic E-state index is -0.711. The molecule has 1 heterocycles. The van der Waals surface area contributed by atoms with E-state index in [2.05, 4.69) is 4.98 Å². The summed E-state index contributed by atoms with van der Waals surface area (Å²) in [5.74, 6) is -1.20. The number of nitrogens with zero attached hydrogens (tertiary/aromatic N) is 1. The molecule has 7 heteroatoms. The van der Waals surface area contributed by atoms with Gasteiger partial charge in [0.05, 0.1) is 6.10 Å². The van der Waals surface area contributed by atoms with Crippen molar-refractivity contribution in [3.8, 4) is 0 Å². The monoisotopic (exact) mass is 430 g/mol. The van der Waals surface area contributed by atoms with Crippen molar-refractivity contribution in [1.29, 1.82) is 0 Å². The van der Waals surface area contributed by atoms with Crippen molar-refractivity contribution in [3.05, 3.63) is 58.2 Å². The second-order valence-corrected chi connectivity index (χ2v) is 8.36. The number of H-pyrrole nitrogens is 1. The smallest absolute Gasteiger partial charge is 0.355 e. The molecule has 2 aromatic rings. The molecule has 0 unspecified atom stereocenters. The van der Waals surface area contributed by atoms with E-state index in [9.17, 15) is 19.1 Å². The van der Waals surface area contributed by atoms with Crippen LogP contribution in [0.2, 0.25) is 0 Å². The number of aromatic amines is 1. The van der Waals surface area contributed by atoms with E-state index < -0.39 is 12.1 Å². The lowest BCUT2D eigenvalue weighted by molar-refractivity contribution is -0.138. The molecule has 1 aromatic heterocycles. The van der Waals surface area contributed by atoms with Gasteiger partial charge in [-0.25, -0.2) is 9.18 Å². The van der Waals surface area contributed by atoms with E-state index in [0.717, 1.165) is 37.7 Å². The number of aliphatic hydroxyl groups excluding tert-OH is 1. The topological polar surface area (TPSA) is 82.6 Å². The van der Waals surface area contributed by atoms with Crippen LogP contribution in [0.1, 0.15) is 78.0 Å². The number of nitrogens with one attached hydrogen (secondary N) is 1. The Kier molecular flexibility index (Phi) is 7.49. The van der Waals surface area contributed by atoms with Crippen molar-refractivity contribution < 1.29 is 23.8 Å². The summed E-state index contributed by atoms with van der Waals surface area (Å²) in [7, 11) is 0. The number of hydrogen-bond acceptors (Lipinski definition) is 4. The largest absolute Gasteiger partial charge is 0.451 e. The van der Waals surface area contributed by atoms with E-state index >= 15 is 0 Å². The first-order chi connectivity index (χ1) is 14.8. The summed E-state index contributed by atoms with van der Waals surface area (Å²) < 4.78 is 18.6. The lowest BCUT2D eigenvalue weighted by Crippen LogP contribution is -2.43. The third-order valence-corrected chi connectivity index (χ3v) is 6.05. The maximum atomic E-state index is 13.3. The molecular formula is C24H31FN2O4. The molecule has 1 aliphatic rings. The zero-order chi connectivity index (χ0) is 22.5. The molecule has 6 nitrogen and oxygen atoms in total. The van der Waals surface area contributed by atoms with Gasteiger partial charge in [0.2, 0.25) is 0 Å². The first kappa shape index (κ1) is 23.0. The van der Waals surface area contributed by atoms with Crippen molar-refractivity contribution >= 4 is 11.9 Å². The second kappa shape index (κ2) is 10.1. The Bertz CT molecular complexity index is 914. The van der Waals surface area contributed by atoms with Crippen molar-refractivity contribution in [3.63, 3.8) is 0 Å². The average Bonchev–Trinajstić information content (AvgIpc) is 3.06. The number of hydrogen-bond donors (Lipinski definition) is 2. The van der Waals surface area contributed by atoms with Crippen LogP contribution in [0.5, 0.6) is 0 Å².